The van der Waals surface area contributed by atoms with Crippen molar-refractivity contribution in [3.63, 3.8) is 0 Å². The molecular formula is C21H20F3N7S. The van der Waals surface area contributed by atoms with Crippen molar-refractivity contribution in [3.8, 4) is 10.6 Å². The van der Waals surface area contributed by atoms with Gasteiger partial charge in [0.25, 0.3) is 0 Å². The van der Waals surface area contributed by atoms with Gasteiger partial charge in [-0.3, -0.25) is 4.90 Å². The molecule has 0 unspecified atom stereocenters. The molecule has 0 radical (unpaired) electrons. The second-order valence-corrected chi connectivity index (χ2v) is 8.80. The molecule has 0 spiro atoms. The fraction of sp³-hybridized carbons (Fsp3) is 0.333. The number of aryl methyl sites for hydroxylation is 1. The summed E-state index contributed by atoms with van der Waals surface area (Å²) in [4.78, 5) is 16.1. The molecule has 5 heterocycles. The first-order chi connectivity index (χ1) is 15.3. The molecule has 166 valence electrons. The van der Waals surface area contributed by atoms with Crippen LogP contribution in [0.2, 0.25) is 0 Å². The van der Waals surface area contributed by atoms with E-state index in [1.54, 1.807) is 12.3 Å². The molecule has 0 aliphatic carbocycles. The van der Waals surface area contributed by atoms with Gasteiger partial charge in [-0.2, -0.15) is 9.78 Å². The van der Waals surface area contributed by atoms with E-state index in [0.29, 0.717) is 27.7 Å². The van der Waals surface area contributed by atoms with Gasteiger partial charge in [-0.25, -0.2) is 15.0 Å². The number of likely N-dealkylation sites (tertiary alicyclic amines) is 1. The Morgan fingerprint density at radius 1 is 1.09 bits per heavy atom. The van der Waals surface area contributed by atoms with Crippen LogP contribution in [-0.2, 0) is 12.8 Å². The number of nitrogens with zero attached hydrogens (tertiary/aromatic N) is 6. The van der Waals surface area contributed by atoms with Crippen LogP contribution in [-0.4, -0.2) is 42.7 Å². The van der Waals surface area contributed by atoms with E-state index < -0.39 is 6.30 Å². The Morgan fingerprint density at radius 3 is 2.66 bits per heavy atom. The van der Waals surface area contributed by atoms with Gasteiger partial charge in [0.15, 0.2) is 0 Å². The van der Waals surface area contributed by atoms with Gasteiger partial charge in [-0.1, -0.05) is 6.07 Å². The number of anilines is 2. The van der Waals surface area contributed by atoms with Crippen molar-refractivity contribution in [2.75, 3.05) is 18.4 Å². The molecule has 1 aliphatic rings. The SMILES string of the molecule is Cc1ccc(Nc2cc3nc(-c4cnn(C(F)(F)F)c4)sc3cn2)nc1CN1CCCC1. The van der Waals surface area contributed by atoms with Gasteiger partial charge in [0.2, 0.25) is 0 Å². The molecule has 1 fully saturated rings. The van der Waals surface area contributed by atoms with Gasteiger partial charge in [-0.15, -0.1) is 24.5 Å². The van der Waals surface area contributed by atoms with E-state index in [1.807, 2.05) is 12.1 Å². The number of hydrogen-bond acceptors (Lipinski definition) is 7. The fourth-order valence-electron chi connectivity index (χ4n) is 3.68. The van der Waals surface area contributed by atoms with Crippen LogP contribution in [0.1, 0.15) is 24.1 Å². The summed E-state index contributed by atoms with van der Waals surface area (Å²) in [7, 11) is 0. The number of hydrogen-bond donors (Lipinski definition) is 1. The van der Waals surface area contributed by atoms with Crippen molar-refractivity contribution in [2.45, 2.75) is 32.6 Å². The van der Waals surface area contributed by atoms with Crippen molar-refractivity contribution in [2.24, 2.45) is 0 Å². The highest BCUT2D eigenvalue weighted by atomic mass is 32.1. The Kier molecular flexibility index (Phi) is 5.30. The Labute approximate surface area is 185 Å². The van der Waals surface area contributed by atoms with Gasteiger partial charge in [0.05, 0.1) is 22.1 Å². The maximum Gasteiger partial charge on any atom is 0.504 e. The molecule has 32 heavy (non-hydrogen) atoms. The summed E-state index contributed by atoms with van der Waals surface area (Å²) in [6.07, 6.45) is 1.66. The van der Waals surface area contributed by atoms with Crippen molar-refractivity contribution < 1.29 is 13.2 Å². The number of nitrogens with one attached hydrogen (secondary N) is 1. The number of thiazole rings is 1. The van der Waals surface area contributed by atoms with E-state index >= 15 is 0 Å². The van der Waals surface area contributed by atoms with Gasteiger partial charge < -0.3 is 5.32 Å². The number of alkyl halides is 3. The third kappa shape index (κ3) is 4.30. The molecule has 1 saturated heterocycles. The first kappa shape index (κ1) is 20.8. The molecular weight excluding hydrogens is 439 g/mol. The Balaban J connectivity index is 1.37. The number of pyridine rings is 2. The number of fused-ring (bicyclic) bond motifs is 1. The summed E-state index contributed by atoms with van der Waals surface area (Å²) in [5.74, 6) is 1.27. The fourth-order valence-corrected chi connectivity index (χ4v) is 4.57. The molecule has 0 amide bonds. The number of aromatic nitrogens is 5. The number of halogens is 3. The van der Waals surface area contributed by atoms with E-state index in [0.717, 1.165) is 48.0 Å². The average molecular weight is 460 g/mol. The summed E-state index contributed by atoms with van der Waals surface area (Å²) < 4.78 is 39.2. The van der Waals surface area contributed by atoms with E-state index in [2.05, 4.69) is 32.2 Å². The molecule has 4 aromatic rings. The van der Waals surface area contributed by atoms with Crippen molar-refractivity contribution >= 4 is 33.2 Å². The molecule has 0 bridgehead atoms. The van der Waals surface area contributed by atoms with Crippen LogP contribution >= 0.6 is 11.3 Å². The lowest BCUT2D eigenvalue weighted by Crippen LogP contribution is -2.20. The van der Waals surface area contributed by atoms with E-state index in [9.17, 15) is 13.2 Å². The third-order valence-electron chi connectivity index (χ3n) is 5.39. The van der Waals surface area contributed by atoms with Gasteiger partial charge in [0, 0.05) is 30.6 Å². The van der Waals surface area contributed by atoms with Gasteiger partial charge in [-0.05, 0) is 44.5 Å². The van der Waals surface area contributed by atoms with Crippen molar-refractivity contribution in [1.29, 1.82) is 0 Å². The highest BCUT2D eigenvalue weighted by Gasteiger charge is 2.32. The predicted molar refractivity (Wildman–Crippen MR) is 117 cm³/mol. The minimum absolute atomic E-state index is 0.0254. The molecule has 1 aliphatic heterocycles. The summed E-state index contributed by atoms with van der Waals surface area (Å²) in [6.45, 7) is 5.09. The topological polar surface area (TPSA) is 71.8 Å². The first-order valence-corrected chi connectivity index (χ1v) is 11.0. The lowest BCUT2D eigenvalue weighted by Gasteiger charge is -2.16. The summed E-state index contributed by atoms with van der Waals surface area (Å²) in [5.41, 5.74) is 3.14. The van der Waals surface area contributed by atoms with E-state index in [4.69, 9.17) is 4.98 Å². The van der Waals surface area contributed by atoms with Crippen LogP contribution in [0.4, 0.5) is 24.8 Å². The van der Waals surface area contributed by atoms with Crippen molar-refractivity contribution in [1.82, 2.24) is 29.6 Å². The summed E-state index contributed by atoms with van der Waals surface area (Å²) >= 11 is 1.27. The molecule has 11 heteroatoms. The lowest BCUT2D eigenvalue weighted by atomic mass is 10.2. The predicted octanol–water partition coefficient (Wildman–Crippen LogP) is 5.07. The maximum atomic E-state index is 12.8. The highest BCUT2D eigenvalue weighted by molar-refractivity contribution is 7.21. The molecule has 0 atom stereocenters. The summed E-state index contributed by atoms with van der Waals surface area (Å²) in [5, 5.41) is 7.05. The normalized spacial score (nSPS) is 15.0. The second-order valence-electron chi connectivity index (χ2n) is 7.77. The minimum atomic E-state index is -4.55. The maximum absolute atomic E-state index is 12.8. The lowest BCUT2D eigenvalue weighted by molar-refractivity contribution is -0.212. The second kappa shape index (κ2) is 8.14. The van der Waals surface area contributed by atoms with Gasteiger partial charge >= 0.3 is 6.30 Å². The molecule has 0 saturated carbocycles. The van der Waals surface area contributed by atoms with Crippen LogP contribution in [0.25, 0.3) is 20.8 Å². The Morgan fingerprint density at radius 2 is 1.91 bits per heavy atom. The molecule has 4 aromatic heterocycles. The average Bonchev–Trinajstić information content (AvgIpc) is 3.50. The monoisotopic (exact) mass is 459 g/mol. The highest BCUT2D eigenvalue weighted by Crippen LogP contribution is 2.32. The summed E-state index contributed by atoms with van der Waals surface area (Å²) in [6, 6.07) is 5.72. The Bertz CT molecular complexity index is 1260. The number of rotatable bonds is 5. The molecule has 0 aromatic carbocycles. The van der Waals surface area contributed by atoms with Crippen LogP contribution in [0.5, 0.6) is 0 Å². The van der Waals surface area contributed by atoms with Crippen LogP contribution < -0.4 is 5.32 Å². The Hall–Kier alpha value is -3.05. The molecule has 7 nitrogen and oxygen atoms in total. The van der Waals surface area contributed by atoms with E-state index in [1.165, 1.54) is 24.2 Å². The van der Waals surface area contributed by atoms with Crippen LogP contribution in [0.3, 0.4) is 0 Å². The zero-order valence-electron chi connectivity index (χ0n) is 17.2. The van der Waals surface area contributed by atoms with Crippen LogP contribution in [0, 0.1) is 6.92 Å². The minimum Gasteiger partial charge on any atom is -0.325 e. The van der Waals surface area contributed by atoms with Crippen molar-refractivity contribution in [3.05, 3.63) is 48.0 Å². The van der Waals surface area contributed by atoms with Crippen LogP contribution in [0.15, 0.2) is 36.8 Å². The molecule has 5 rings (SSSR count). The van der Waals surface area contributed by atoms with E-state index in [-0.39, 0.29) is 4.68 Å². The zero-order valence-corrected chi connectivity index (χ0v) is 18.0. The zero-order chi connectivity index (χ0) is 22.3. The molecule has 1 N–H and O–H groups in total. The quantitative estimate of drug-likeness (QED) is 0.449. The largest absolute Gasteiger partial charge is 0.504 e. The first-order valence-electron chi connectivity index (χ1n) is 10.2. The smallest absolute Gasteiger partial charge is 0.325 e. The van der Waals surface area contributed by atoms with Gasteiger partial charge in [0.1, 0.15) is 16.6 Å². The third-order valence-corrected chi connectivity index (χ3v) is 6.45. The standard InChI is InChI=1S/C21H20F3N7S/c1-13-4-5-18(27-16(13)12-30-6-2-3-7-30)29-19-8-15-17(10-25-19)32-20(28-15)14-9-26-31(11-14)21(22,23)24/h4-5,8-11H,2-3,6-7,12H2,1H3,(H,25,27,29).